The van der Waals surface area contributed by atoms with Gasteiger partial charge in [-0.05, 0) is 51.0 Å². The lowest BCUT2D eigenvalue weighted by Gasteiger charge is -2.24. The van der Waals surface area contributed by atoms with E-state index in [1.807, 2.05) is 56.3 Å². The number of nitrogens with zero attached hydrogens (tertiary/aromatic N) is 1. The number of urea groups is 1. The Morgan fingerprint density at radius 3 is 2.63 bits per heavy atom. The van der Waals surface area contributed by atoms with Gasteiger partial charge in [-0.3, -0.25) is 4.79 Å². The van der Waals surface area contributed by atoms with Crippen LogP contribution in [0.5, 0.6) is 5.75 Å². The molecule has 2 aromatic carbocycles. The van der Waals surface area contributed by atoms with E-state index in [9.17, 15) is 9.59 Å². The first kappa shape index (κ1) is 18.8. The van der Waals surface area contributed by atoms with Crippen molar-refractivity contribution in [2.75, 3.05) is 23.8 Å². The molecule has 0 saturated carbocycles. The Labute approximate surface area is 159 Å². The van der Waals surface area contributed by atoms with Crippen molar-refractivity contribution in [2.24, 2.45) is 0 Å². The molecule has 3 amide bonds. The number of rotatable bonds is 5. The normalized spacial score (nSPS) is 16.1. The number of hydrogen-bond acceptors (Lipinski definition) is 3. The molecule has 27 heavy (non-hydrogen) atoms. The van der Waals surface area contributed by atoms with Gasteiger partial charge in [0.15, 0.2) is 0 Å². The Balaban J connectivity index is 1.64. The van der Waals surface area contributed by atoms with E-state index in [4.69, 9.17) is 4.74 Å². The second-order valence-corrected chi connectivity index (χ2v) is 6.60. The molecule has 0 bridgehead atoms. The molecule has 2 N–H and O–H groups in total. The molecule has 0 unspecified atom stereocenters. The summed E-state index contributed by atoms with van der Waals surface area (Å²) in [5, 5.41) is 5.77. The van der Waals surface area contributed by atoms with Crippen molar-refractivity contribution in [2.45, 2.75) is 32.7 Å². The van der Waals surface area contributed by atoms with Crippen molar-refractivity contribution < 1.29 is 14.3 Å². The van der Waals surface area contributed by atoms with E-state index in [0.29, 0.717) is 31.0 Å². The van der Waals surface area contributed by atoms with Crippen molar-refractivity contribution >= 4 is 23.3 Å². The number of hydrogen-bond donors (Lipinski definition) is 2. The van der Waals surface area contributed by atoms with Gasteiger partial charge in [0.1, 0.15) is 11.8 Å². The van der Waals surface area contributed by atoms with Crippen LogP contribution in [0, 0.1) is 6.92 Å². The molecule has 2 aromatic rings. The van der Waals surface area contributed by atoms with Gasteiger partial charge >= 0.3 is 6.03 Å². The fourth-order valence-electron chi connectivity index (χ4n) is 3.17. The van der Waals surface area contributed by atoms with E-state index >= 15 is 0 Å². The second-order valence-electron chi connectivity index (χ2n) is 6.60. The van der Waals surface area contributed by atoms with Crippen molar-refractivity contribution in [1.82, 2.24) is 4.90 Å². The second kappa shape index (κ2) is 8.58. The monoisotopic (exact) mass is 367 g/mol. The molecule has 3 rings (SSSR count). The van der Waals surface area contributed by atoms with Crippen LogP contribution in [0.15, 0.2) is 48.5 Å². The molecule has 1 atom stereocenters. The Hall–Kier alpha value is -3.02. The largest absolute Gasteiger partial charge is 0.494 e. The van der Waals surface area contributed by atoms with Gasteiger partial charge in [-0.15, -0.1) is 0 Å². The third kappa shape index (κ3) is 4.78. The number of nitrogens with one attached hydrogen (secondary N) is 2. The summed E-state index contributed by atoms with van der Waals surface area (Å²) >= 11 is 0. The highest BCUT2D eigenvalue weighted by atomic mass is 16.5. The quantitative estimate of drug-likeness (QED) is 0.838. The highest BCUT2D eigenvalue weighted by Crippen LogP contribution is 2.22. The van der Waals surface area contributed by atoms with Gasteiger partial charge in [-0.25, -0.2) is 4.79 Å². The first-order valence-corrected chi connectivity index (χ1v) is 9.25. The van der Waals surface area contributed by atoms with Crippen LogP contribution in [-0.4, -0.2) is 36.0 Å². The fourth-order valence-corrected chi connectivity index (χ4v) is 3.17. The number of aryl methyl sites for hydroxylation is 1. The number of carbonyl (C=O) groups excluding carboxylic acids is 2. The zero-order chi connectivity index (χ0) is 19.2. The summed E-state index contributed by atoms with van der Waals surface area (Å²) in [5.74, 6) is 0.524. The zero-order valence-electron chi connectivity index (χ0n) is 15.7. The number of amides is 3. The van der Waals surface area contributed by atoms with E-state index in [2.05, 4.69) is 10.6 Å². The van der Waals surface area contributed by atoms with Gasteiger partial charge in [-0.2, -0.15) is 0 Å². The summed E-state index contributed by atoms with van der Waals surface area (Å²) < 4.78 is 5.46. The smallest absolute Gasteiger partial charge is 0.322 e. The molecular weight excluding hydrogens is 342 g/mol. The minimum atomic E-state index is -0.480. The Morgan fingerprint density at radius 1 is 1.11 bits per heavy atom. The van der Waals surface area contributed by atoms with Crippen molar-refractivity contribution in [3.8, 4) is 5.75 Å². The van der Waals surface area contributed by atoms with Crippen LogP contribution in [0.4, 0.5) is 16.2 Å². The average molecular weight is 367 g/mol. The predicted octanol–water partition coefficient (Wildman–Crippen LogP) is 4.03. The Morgan fingerprint density at radius 2 is 1.89 bits per heavy atom. The maximum atomic E-state index is 12.7. The van der Waals surface area contributed by atoms with Crippen LogP contribution < -0.4 is 15.4 Å². The van der Waals surface area contributed by atoms with Crippen LogP contribution in [0.1, 0.15) is 25.3 Å². The average Bonchev–Trinajstić information content (AvgIpc) is 3.14. The molecule has 142 valence electrons. The molecule has 1 heterocycles. The number of ether oxygens (including phenoxy) is 1. The Kier molecular flexibility index (Phi) is 5.96. The lowest BCUT2D eigenvalue weighted by molar-refractivity contribution is -0.119. The van der Waals surface area contributed by atoms with Crippen LogP contribution in [0.3, 0.4) is 0 Å². The lowest BCUT2D eigenvalue weighted by Crippen LogP contribution is -2.45. The van der Waals surface area contributed by atoms with E-state index in [0.717, 1.165) is 17.7 Å². The molecule has 1 aliphatic heterocycles. The third-order valence-corrected chi connectivity index (χ3v) is 4.53. The first-order chi connectivity index (χ1) is 13.1. The van der Waals surface area contributed by atoms with Crippen LogP contribution in [-0.2, 0) is 4.79 Å². The van der Waals surface area contributed by atoms with Crippen molar-refractivity contribution in [1.29, 1.82) is 0 Å². The molecule has 1 fully saturated rings. The molecule has 0 aromatic heterocycles. The van der Waals surface area contributed by atoms with E-state index < -0.39 is 6.04 Å². The first-order valence-electron chi connectivity index (χ1n) is 9.25. The van der Waals surface area contributed by atoms with Crippen molar-refractivity contribution in [3.05, 3.63) is 54.1 Å². The molecule has 6 nitrogen and oxygen atoms in total. The van der Waals surface area contributed by atoms with E-state index in [1.54, 1.807) is 11.0 Å². The molecular formula is C21H25N3O3. The lowest BCUT2D eigenvalue weighted by atomic mass is 10.2. The standard InChI is InChI=1S/C21H25N3O3/c1-3-27-18-7-4-6-17(14-18)22-20(25)19-8-5-13-24(19)21(26)23-16-11-9-15(2)10-12-16/h4,6-7,9-12,14,19H,3,5,8,13H2,1-2H3,(H,22,25)(H,23,26)/t19-/m0/s1. The van der Waals surface area contributed by atoms with Gasteiger partial charge in [0, 0.05) is 24.0 Å². The molecule has 6 heteroatoms. The zero-order valence-corrected chi connectivity index (χ0v) is 15.7. The van der Waals surface area contributed by atoms with Gasteiger partial charge in [-0.1, -0.05) is 23.8 Å². The van der Waals surface area contributed by atoms with E-state index in [-0.39, 0.29) is 11.9 Å². The molecule has 1 saturated heterocycles. The fraction of sp³-hybridized carbons (Fsp3) is 0.333. The summed E-state index contributed by atoms with van der Waals surface area (Å²) in [4.78, 5) is 26.9. The number of anilines is 2. The van der Waals surface area contributed by atoms with Gasteiger partial charge in [0.2, 0.25) is 5.91 Å². The predicted molar refractivity (Wildman–Crippen MR) is 106 cm³/mol. The summed E-state index contributed by atoms with van der Waals surface area (Å²) in [6.07, 6.45) is 1.46. The minimum absolute atomic E-state index is 0.180. The molecule has 0 radical (unpaired) electrons. The third-order valence-electron chi connectivity index (χ3n) is 4.53. The summed E-state index contributed by atoms with van der Waals surface area (Å²) in [6.45, 7) is 5.03. The van der Waals surface area contributed by atoms with Crippen LogP contribution in [0.2, 0.25) is 0 Å². The van der Waals surface area contributed by atoms with Gasteiger partial charge in [0.25, 0.3) is 0 Å². The summed E-state index contributed by atoms with van der Waals surface area (Å²) in [6, 6.07) is 14.1. The van der Waals surface area contributed by atoms with Crippen LogP contribution in [0.25, 0.3) is 0 Å². The number of likely N-dealkylation sites (tertiary alicyclic amines) is 1. The topological polar surface area (TPSA) is 70.7 Å². The molecule has 0 aliphatic carbocycles. The Bertz CT molecular complexity index is 805. The van der Waals surface area contributed by atoms with Crippen molar-refractivity contribution in [3.63, 3.8) is 0 Å². The molecule has 1 aliphatic rings. The highest BCUT2D eigenvalue weighted by Gasteiger charge is 2.34. The number of carbonyl (C=O) groups is 2. The SMILES string of the molecule is CCOc1cccc(NC(=O)[C@@H]2CCCN2C(=O)Nc2ccc(C)cc2)c1. The van der Waals surface area contributed by atoms with Gasteiger partial charge in [0.05, 0.1) is 6.61 Å². The van der Waals surface area contributed by atoms with Crippen LogP contribution >= 0.6 is 0 Å². The summed E-state index contributed by atoms with van der Waals surface area (Å²) in [5.41, 5.74) is 2.51. The van der Waals surface area contributed by atoms with E-state index in [1.165, 1.54) is 0 Å². The maximum absolute atomic E-state index is 12.7. The van der Waals surface area contributed by atoms with Gasteiger partial charge < -0.3 is 20.3 Å². The number of benzene rings is 2. The molecule has 0 spiro atoms. The summed E-state index contributed by atoms with van der Waals surface area (Å²) in [7, 11) is 0. The minimum Gasteiger partial charge on any atom is -0.494 e. The maximum Gasteiger partial charge on any atom is 0.322 e. The highest BCUT2D eigenvalue weighted by molar-refractivity contribution is 5.99.